The summed E-state index contributed by atoms with van der Waals surface area (Å²) in [6, 6.07) is 96.3. The molecule has 0 aromatic heterocycles. The van der Waals surface area contributed by atoms with E-state index < -0.39 is 0 Å². The number of anilines is 6. The van der Waals surface area contributed by atoms with Gasteiger partial charge in [-0.15, -0.1) is 0 Å². The molecule has 0 spiro atoms. The van der Waals surface area contributed by atoms with E-state index >= 15 is 0 Å². The monoisotopic (exact) mass is 846 g/mol. The topological polar surface area (TPSA) is 6.48 Å². The molecule has 0 saturated heterocycles. The maximum atomic E-state index is 2.40. The first-order valence-corrected chi connectivity index (χ1v) is 22.9. The first-order valence-electron chi connectivity index (χ1n) is 22.9. The Balaban J connectivity index is 0.00000252. The Hall–Kier alpha value is -8.46. The molecular weight excluding hydrogens is 797 g/mol. The van der Waals surface area contributed by atoms with Gasteiger partial charge in [-0.25, -0.2) is 0 Å². The van der Waals surface area contributed by atoms with E-state index in [1.807, 2.05) is 13.8 Å². The van der Waals surface area contributed by atoms with E-state index in [2.05, 4.69) is 277 Å². The van der Waals surface area contributed by atoms with Gasteiger partial charge in [0.25, 0.3) is 0 Å². The van der Waals surface area contributed by atoms with Crippen LogP contribution in [0.25, 0.3) is 66.1 Å². The van der Waals surface area contributed by atoms with Crippen molar-refractivity contribution in [3.05, 3.63) is 267 Å². The summed E-state index contributed by atoms with van der Waals surface area (Å²) in [5.74, 6) is 0. The van der Waals surface area contributed by atoms with Gasteiger partial charge in [0.1, 0.15) is 0 Å². The fourth-order valence-corrected chi connectivity index (χ4v) is 9.23. The number of hydrogen-bond donors (Lipinski definition) is 0. The lowest BCUT2D eigenvalue weighted by Gasteiger charge is -2.28. The number of nitrogens with zero attached hydrogens (tertiary/aromatic N) is 2. The van der Waals surface area contributed by atoms with Crippen molar-refractivity contribution in [2.24, 2.45) is 0 Å². The molecule has 11 aromatic rings. The van der Waals surface area contributed by atoms with Gasteiger partial charge in [0.05, 0.1) is 0 Å². The molecular formula is C64H50N2. The Morgan fingerprint density at radius 2 is 0.439 bits per heavy atom. The molecule has 0 aliphatic carbocycles. The van der Waals surface area contributed by atoms with Gasteiger partial charge in [-0.2, -0.15) is 0 Å². The molecule has 0 aliphatic rings. The third kappa shape index (κ3) is 8.25. The molecule has 11 aromatic carbocycles. The molecule has 0 fully saturated rings. The zero-order valence-corrected chi connectivity index (χ0v) is 37.3. The molecule has 0 N–H and O–H groups in total. The quantitative estimate of drug-likeness (QED) is 0.127. The number of hydrogen-bond acceptors (Lipinski definition) is 2. The van der Waals surface area contributed by atoms with Gasteiger partial charge in [0, 0.05) is 34.1 Å². The minimum absolute atomic E-state index is 1.09. The van der Waals surface area contributed by atoms with Crippen LogP contribution in [0.4, 0.5) is 34.1 Å². The molecule has 11 rings (SSSR count). The summed E-state index contributed by atoms with van der Waals surface area (Å²) in [6.45, 7) is 4.00. The molecule has 0 atom stereocenters. The lowest BCUT2D eigenvalue weighted by molar-refractivity contribution is 1.29. The highest BCUT2D eigenvalue weighted by molar-refractivity contribution is 6.22. The van der Waals surface area contributed by atoms with Crippen LogP contribution in [0.3, 0.4) is 0 Å². The number of para-hydroxylation sites is 2. The predicted octanol–water partition coefficient (Wildman–Crippen LogP) is 18.6. The molecule has 66 heavy (non-hydrogen) atoms. The van der Waals surface area contributed by atoms with Crippen LogP contribution in [-0.4, -0.2) is 0 Å². The second-order valence-electron chi connectivity index (χ2n) is 16.1. The molecule has 0 bridgehead atoms. The summed E-state index contributed by atoms with van der Waals surface area (Å²) >= 11 is 0. The van der Waals surface area contributed by atoms with E-state index in [9.17, 15) is 0 Å². The Kier molecular flexibility index (Phi) is 12.0. The molecule has 0 amide bonds. The highest BCUT2D eigenvalue weighted by Gasteiger charge is 2.22. The van der Waals surface area contributed by atoms with Gasteiger partial charge in [-0.05, 0) is 139 Å². The van der Waals surface area contributed by atoms with E-state index in [1.54, 1.807) is 0 Å². The van der Waals surface area contributed by atoms with Crippen LogP contribution < -0.4 is 9.80 Å². The maximum Gasteiger partial charge on any atom is 0.0468 e. The summed E-state index contributed by atoms with van der Waals surface area (Å²) in [5.41, 5.74) is 16.1. The Morgan fingerprint density at radius 1 is 0.197 bits per heavy atom. The van der Waals surface area contributed by atoms with Gasteiger partial charge in [-0.1, -0.05) is 208 Å². The Labute approximate surface area is 389 Å². The average Bonchev–Trinajstić information content (AvgIpc) is 3.41. The van der Waals surface area contributed by atoms with Crippen molar-refractivity contribution in [3.63, 3.8) is 0 Å². The Bertz CT molecular complexity index is 3090. The number of rotatable bonds is 10. The predicted molar refractivity (Wildman–Crippen MR) is 284 cm³/mol. The second-order valence-corrected chi connectivity index (χ2v) is 16.1. The molecule has 316 valence electrons. The van der Waals surface area contributed by atoms with Crippen molar-refractivity contribution in [2.75, 3.05) is 9.80 Å². The zero-order chi connectivity index (χ0) is 44.7. The normalized spacial score (nSPS) is 10.9. The van der Waals surface area contributed by atoms with Crippen LogP contribution in [0.2, 0.25) is 0 Å². The van der Waals surface area contributed by atoms with Crippen LogP contribution in [0, 0.1) is 0 Å². The van der Waals surface area contributed by atoms with Crippen molar-refractivity contribution >= 4 is 55.7 Å². The largest absolute Gasteiger partial charge is 0.310 e. The molecule has 0 radical (unpaired) electrons. The van der Waals surface area contributed by atoms with E-state index in [-0.39, 0.29) is 0 Å². The van der Waals surface area contributed by atoms with Crippen LogP contribution in [-0.2, 0) is 0 Å². The van der Waals surface area contributed by atoms with Crippen molar-refractivity contribution in [3.8, 4) is 44.5 Å². The van der Waals surface area contributed by atoms with Gasteiger partial charge >= 0.3 is 0 Å². The van der Waals surface area contributed by atoms with Crippen LogP contribution >= 0.6 is 0 Å². The van der Waals surface area contributed by atoms with E-state index in [4.69, 9.17) is 0 Å². The van der Waals surface area contributed by atoms with Crippen LogP contribution in [0.5, 0.6) is 0 Å². The van der Waals surface area contributed by atoms with E-state index in [1.165, 1.54) is 66.1 Å². The third-order valence-electron chi connectivity index (χ3n) is 12.2. The van der Waals surface area contributed by atoms with Gasteiger partial charge in [-0.3, -0.25) is 0 Å². The number of benzene rings is 11. The molecule has 0 unspecified atom stereocenters. The number of fused-ring (bicyclic) bond motifs is 2. The lowest BCUT2D eigenvalue weighted by atomic mass is 9.85. The summed E-state index contributed by atoms with van der Waals surface area (Å²) in [7, 11) is 0. The lowest BCUT2D eigenvalue weighted by Crippen LogP contribution is -2.10. The first kappa shape index (κ1) is 41.5. The summed E-state index contributed by atoms with van der Waals surface area (Å²) in [5, 5.41) is 4.79. The standard InChI is InChI=1S/C62H44N2.C2H6/c1-7-19-45(20-8-1)47-31-35-53(36-32-47)63(51-27-15-5-16-28-51)55-39-41-57-59(43-55)61(49-23-11-3-12-24-49)58-42-40-56(44-60(58)62(57)50-25-13-4-14-26-50)64(52-29-17-6-18-30-52)54-37-33-48(34-38-54)46-21-9-2-10-22-46;1-2/h1-44H;1-2H3. The van der Waals surface area contributed by atoms with E-state index in [0.29, 0.717) is 0 Å². The van der Waals surface area contributed by atoms with Gasteiger partial charge < -0.3 is 9.80 Å². The minimum atomic E-state index is 1.09. The third-order valence-corrected chi connectivity index (χ3v) is 12.2. The maximum absolute atomic E-state index is 2.40. The smallest absolute Gasteiger partial charge is 0.0468 e. The minimum Gasteiger partial charge on any atom is -0.310 e. The second kappa shape index (κ2) is 19.1. The SMILES string of the molecule is CC.c1ccc(-c2ccc(N(c3ccccc3)c3ccc4c(-c5ccccc5)c5cc(N(c6ccccc6)c6ccc(-c7ccccc7)cc6)ccc5c(-c5ccccc5)c4c3)cc2)cc1. The molecule has 0 heterocycles. The van der Waals surface area contributed by atoms with Crippen LogP contribution in [0.1, 0.15) is 13.8 Å². The fourth-order valence-electron chi connectivity index (χ4n) is 9.23. The first-order chi connectivity index (χ1) is 32.8. The van der Waals surface area contributed by atoms with Crippen molar-refractivity contribution in [1.29, 1.82) is 0 Å². The highest BCUT2D eigenvalue weighted by Crippen LogP contribution is 2.48. The van der Waals surface area contributed by atoms with Crippen molar-refractivity contribution in [1.82, 2.24) is 0 Å². The fraction of sp³-hybridized carbons (Fsp3) is 0.0312. The van der Waals surface area contributed by atoms with Crippen LogP contribution in [0.15, 0.2) is 267 Å². The average molecular weight is 847 g/mol. The molecule has 2 heteroatoms. The van der Waals surface area contributed by atoms with Crippen molar-refractivity contribution < 1.29 is 0 Å². The van der Waals surface area contributed by atoms with Gasteiger partial charge in [0.2, 0.25) is 0 Å². The van der Waals surface area contributed by atoms with E-state index in [0.717, 1.165) is 34.1 Å². The van der Waals surface area contributed by atoms with Crippen molar-refractivity contribution in [2.45, 2.75) is 13.8 Å². The summed E-state index contributed by atoms with van der Waals surface area (Å²) < 4.78 is 0. The molecule has 0 aliphatic heterocycles. The molecule has 0 saturated carbocycles. The molecule has 2 nitrogen and oxygen atoms in total. The Morgan fingerprint density at radius 3 is 0.758 bits per heavy atom. The highest BCUT2D eigenvalue weighted by atomic mass is 15.1. The summed E-state index contributed by atoms with van der Waals surface area (Å²) in [4.78, 5) is 4.75. The van der Waals surface area contributed by atoms with Gasteiger partial charge in [0.15, 0.2) is 0 Å². The summed E-state index contributed by atoms with van der Waals surface area (Å²) in [6.07, 6.45) is 0. The zero-order valence-electron chi connectivity index (χ0n) is 37.3.